The van der Waals surface area contributed by atoms with Gasteiger partial charge in [0, 0.05) is 12.5 Å². The third kappa shape index (κ3) is 4.31. The van der Waals surface area contributed by atoms with E-state index < -0.39 is 0 Å². The summed E-state index contributed by atoms with van der Waals surface area (Å²) < 4.78 is 5.17. The summed E-state index contributed by atoms with van der Waals surface area (Å²) in [4.78, 5) is 16.5. The van der Waals surface area contributed by atoms with E-state index >= 15 is 0 Å². The van der Waals surface area contributed by atoms with Crippen LogP contribution in [-0.2, 0) is 6.54 Å². The van der Waals surface area contributed by atoms with E-state index in [0.717, 1.165) is 48.3 Å². The number of nitrogens with two attached hydrogens (primary N) is 1. The van der Waals surface area contributed by atoms with Crippen LogP contribution in [0.25, 0.3) is 10.9 Å². The number of ether oxygens (including phenoxy) is 1. The molecule has 5 heteroatoms. The second-order valence-electron chi connectivity index (χ2n) is 5.67. The molecule has 1 aromatic carbocycles. The topological polar surface area (TPSA) is 63.1 Å². The van der Waals surface area contributed by atoms with E-state index in [0.29, 0.717) is 0 Å². The molecule has 0 spiro atoms. The first kappa shape index (κ1) is 15.5. The number of rotatable bonds is 7. The lowest BCUT2D eigenvalue weighted by atomic mass is 10.1. The molecular weight excluding hydrogens is 266 g/mol. The first-order valence-electron chi connectivity index (χ1n) is 7.41. The van der Waals surface area contributed by atoms with Gasteiger partial charge in [0.2, 0.25) is 0 Å². The Kier molecular flexibility index (Phi) is 5.36. The van der Waals surface area contributed by atoms with Crippen molar-refractivity contribution in [1.29, 1.82) is 0 Å². The Morgan fingerprint density at radius 3 is 2.81 bits per heavy atom. The number of quaternary nitrogens is 2. The van der Waals surface area contributed by atoms with Gasteiger partial charge in [-0.1, -0.05) is 0 Å². The molecule has 0 bridgehead atoms. The van der Waals surface area contributed by atoms with Crippen molar-refractivity contribution >= 4 is 10.9 Å². The zero-order valence-corrected chi connectivity index (χ0v) is 13.0. The Bertz CT molecular complexity index is 650. The predicted molar refractivity (Wildman–Crippen MR) is 83.9 cm³/mol. The van der Waals surface area contributed by atoms with Gasteiger partial charge in [-0.15, -0.1) is 0 Å². The average Bonchev–Trinajstić information content (AvgIpc) is 2.46. The van der Waals surface area contributed by atoms with E-state index in [-0.39, 0.29) is 5.56 Å². The van der Waals surface area contributed by atoms with Crippen LogP contribution in [0.1, 0.15) is 12.0 Å². The molecule has 2 rings (SSSR count). The van der Waals surface area contributed by atoms with E-state index in [1.54, 1.807) is 7.11 Å². The molecule has 0 unspecified atom stereocenters. The number of aromatic amines is 1. The van der Waals surface area contributed by atoms with Gasteiger partial charge in [-0.25, -0.2) is 0 Å². The number of pyridine rings is 1. The monoisotopic (exact) mass is 291 g/mol. The summed E-state index contributed by atoms with van der Waals surface area (Å²) in [5.74, 6) is 0.753. The van der Waals surface area contributed by atoms with Gasteiger partial charge in [0.1, 0.15) is 12.3 Å². The van der Waals surface area contributed by atoms with Crippen LogP contribution in [0, 0.1) is 0 Å². The minimum Gasteiger partial charge on any atom is -0.497 e. The number of hydrogen-bond acceptors (Lipinski definition) is 2. The van der Waals surface area contributed by atoms with Crippen molar-refractivity contribution in [3.05, 3.63) is 40.2 Å². The molecule has 1 heterocycles. The van der Waals surface area contributed by atoms with Crippen LogP contribution in [0.3, 0.4) is 0 Å². The van der Waals surface area contributed by atoms with Crippen LogP contribution >= 0.6 is 0 Å². The first-order chi connectivity index (χ1) is 10.1. The second-order valence-corrected chi connectivity index (χ2v) is 5.67. The molecule has 0 saturated carbocycles. The number of aromatic nitrogens is 1. The van der Waals surface area contributed by atoms with Crippen LogP contribution in [0.4, 0.5) is 0 Å². The van der Waals surface area contributed by atoms with Gasteiger partial charge in [-0.05, 0) is 23.6 Å². The van der Waals surface area contributed by atoms with Gasteiger partial charge in [0.15, 0.2) is 0 Å². The van der Waals surface area contributed by atoms with Gasteiger partial charge in [0.25, 0.3) is 5.56 Å². The van der Waals surface area contributed by atoms with Crippen molar-refractivity contribution in [3.8, 4) is 5.75 Å². The molecule has 114 valence electrons. The highest BCUT2D eigenvalue weighted by molar-refractivity contribution is 5.80. The smallest absolute Gasteiger partial charge is 0.257 e. The van der Waals surface area contributed by atoms with Crippen molar-refractivity contribution in [2.24, 2.45) is 0 Å². The lowest BCUT2D eigenvalue weighted by Gasteiger charge is -2.07. The second kappa shape index (κ2) is 7.24. The maximum atomic E-state index is 12.1. The van der Waals surface area contributed by atoms with Crippen LogP contribution in [0.2, 0.25) is 0 Å². The fourth-order valence-electron chi connectivity index (χ4n) is 2.36. The molecule has 2 aromatic rings. The fraction of sp³-hybridized carbons (Fsp3) is 0.438. The summed E-state index contributed by atoms with van der Waals surface area (Å²) in [5, 5.41) is 3.24. The largest absolute Gasteiger partial charge is 0.497 e. The third-order valence-electron chi connectivity index (χ3n) is 3.58. The van der Waals surface area contributed by atoms with Crippen molar-refractivity contribution in [3.63, 3.8) is 0 Å². The van der Waals surface area contributed by atoms with Crippen molar-refractivity contribution in [1.82, 2.24) is 4.98 Å². The normalized spacial score (nSPS) is 11.2. The van der Waals surface area contributed by atoms with E-state index in [1.165, 1.54) is 4.90 Å². The SMILES string of the molecule is COc1ccc2cc(C[NH2+]CCC[NH+](C)C)c(=O)[nH]c2c1. The molecule has 5 nitrogen and oxygen atoms in total. The van der Waals surface area contributed by atoms with Crippen LogP contribution in [0.5, 0.6) is 5.75 Å². The summed E-state index contributed by atoms with van der Waals surface area (Å²) in [5.41, 5.74) is 1.63. The number of H-pyrrole nitrogens is 1. The Hall–Kier alpha value is -1.85. The molecule has 0 aliphatic heterocycles. The number of hydrogen-bond donors (Lipinski definition) is 3. The Balaban J connectivity index is 2.03. The number of methoxy groups -OCH3 is 1. The summed E-state index contributed by atoms with van der Waals surface area (Å²) >= 11 is 0. The third-order valence-corrected chi connectivity index (χ3v) is 3.58. The number of benzene rings is 1. The zero-order chi connectivity index (χ0) is 15.2. The fourth-order valence-corrected chi connectivity index (χ4v) is 2.36. The molecule has 1 aromatic heterocycles. The lowest BCUT2D eigenvalue weighted by Crippen LogP contribution is -3.06. The van der Waals surface area contributed by atoms with Gasteiger partial charge in [-0.3, -0.25) is 4.79 Å². The molecule has 0 fully saturated rings. The Morgan fingerprint density at radius 2 is 2.10 bits per heavy atom. The highest BCUT2D eigenvalue weighted by Crippen LogP contribution is 2.18. The predicted octanol–water partition coefficient (Wildman–Crippen LogP) is -0.865. The highest BCUT2D eigenvalue weighted by Gasteiger charge is 2.06. The van der Waals surface area contributed by atoms with E-state index in [2.05, 4.69) is 24.4 Å². The van der Waals surface area contributed by atoms with E-state index in [9.17, 15) is 4.79 Å². The summed E-state index contributed by atoms with van der Waals surface area (Å²) in [6.07, 6.45) is 1.16. The van der Waals surface area contributed by atoms with Gasteiger partial charge < -0.3 is 19.9 Å². The number of fused-ring (bicyclic) bond motifs is 1. The minimum absolute atomic E-state index is 0.00904. The average molecular weight is 291 g/mol. The molecule has 0 atom stereocenters. The maximum Gasteiger partial charge on any atom is 0.257 e. The molecule has 0 amide bonds. The minimum atomic E-state index is -0.00904. The zero-order valence-electron chi connectivity index (χ0n) is 13.0. The van der Waals surface area contributed by atoms with Gasteiger partial charge >= 0.3 is 0 Å². The standard InChI is InChI=1S/C16H23N3O2/c1-19(2)8-4-7-17-11-13-9-12-5-6-14(21-3)10-15(12)18-16(13)20/h5-6,9-10,17H,4,7-8,11H2,1-3H3,(H,18,20)/p+2. The first-order valence-corrected chi connectivity index (χ1v) is 7.41. The Morgan fingerprint density at radius 1 is 1.29 bits per heavy atom. The van der Waals surface area contributed by atoms with Crippen LogP contribution < -0.4 is 20.5 Å². The van der Waals surface area contributed by atoms with Crippen molar-refractivity contribution in [2.45, 2.75) is 13.0 Å². The molecule has 4 N–H and O–H groups in total. The lowest BCUT2D eigenvalue weighted by molar-refractivity contribution is -0.860. The van der Waals surface area contributed by atoms with E-state index in [4.69, 9.17) is 4.74 Å². The van der Waals surface area contributed by atoms with Crippen LogP contribution in [-0.4, -0.2) is 39.3 Å². The molecular formula is C16H25N3O2+2. The van der Waals surface area contributed by atoms with Crippen molar-refractivity contribution < 1.29 is 15.0 Å². The van der Waals surface area contributed by atoms with Gasteiger partial charge in [-0.2, -0.15) is 0 Å². The van der Waals surface area contributed by atoms with E-state index in [1.807, 2.05) is 24.3 Å². The maximum absolute atomic E-state index is 12.1. The quantitative estimate of drug-likeness (QED) is 0.581. The summed E-state index contributed by atoms with van der Waals surface area (Å²) in [6.45, 7) is 2.93. The highest BCUT2D eigenvalue weighted by atomic mass is 16.5. The van der Waals surface area contributed by atoms with Crippen molar-refractivity contribution in [2.75, 3.05) is 34.3 Å². The molecule has 0 aliphatic carbocycles. The summed E-state index contributed by atoms with van der Waals surface area (Å²) in [7, 11) is 5.93. The van der Waals surface area contributed by atoms with Gasteiger partial charge in [0.05, 0.1) is 45.4 Å². The molecule has 0 aliphatic rings. The van der Waals surface area contributed by atoms with Crippen LogP contribution in [0.15, 0.2) is 29.1 Å². The summed E-state index contributed by atoms with van der Waals surface area (Å²) in [6, 6.07) is 7.71. The Labute approximate surface area is 124 Å². The molecule has 21 heavy (non-hydrogen) atoms. The number of nitrogens with one attached hydrogen (secondary N) is 2. The molecule has 0 saturated heterocycles. The molecule has 0 radical (unpaired) electrons.